The quantitative estimate of drug-likeness (QED) is 0.564. The van der Waals surface area contributed by atoms with Crippen molar-refractivity contribution >= 4 is 12.6 Å². The second kappa shape index (κ2) is 4.33. The lowest BCUT2D eigenvalue weighted by Gasteiger charge is -2.31. The number of hydrogen-bond donors (Lipinski definition) is 3. The highest BCUT2D eigenvalue weighted by molar-refractivity contribution is 7.81. The molecule has 0 saturated heterocycles. The molecule has 0 aromatic heterocycles. The SMILES string of the molecule is CC[C@@](C)(S)[C@@H](O)[C@@H](C)CO. The molecular formula is C8H18O2S. The summed E-state index contributed by atoms with van der Waals surface area (Å²) in [6.07, 6.45) is 0.252. The average molecular weight is 178 g/mol. The molecule has 2 N–H and O–H groups in total. The molecule has 0 unspecified atom stereocenters. The summed E-state index contributed by atoms with van der Waals surface area (Å²) in [5.74, 6) is -0.0996. The molecule has 0 spiro atoms. The predicted octanol–water partition coefficient (Wildman–Crippen LogP) is 1.07. The van der Waals surface area contributed by atoms with Crippen molar-refractivity contribution in [1.29, 1.82) is 0 Å². The number of rotatable bonds is 4. The van der Waals surface area contributed by atoms with Crippen LogP contribution in [-0.2, 0) is 0 Å². The van der Waals surface area contributed by atoms with E-state index in [0.29, 0.717) is 0 Å². The summed E-state index contributed by atoms with van der Waals surface area (Å²) in [5.41, 5.74) is 0. The van der Waals surface area contributed by atoms with E-state index in [9.17, 15) is 5.11 Å². The highest BCUT2D eigenvalue weighted by Crippen LogP contribution is 2.27. The molecule has 11 heavy (non-hydrogen) atoms. The van der Waals surface area contributed by atoms with Crippen molar-refractivity contribution in [2.75, 3.05) is 6.61 Å². The second-order valence-electron chi connectivity index (χ2n) is 3.32. The molecule has 3 atom stereocenters. The minimum atomic E-state index is -0.541. The van der Waals surface area contributed by atoms with Gasteiger partial charge in [-0.2, -0.15) is 12.6 Å². The maximum atomic E-state index is 9.61. The van der Waals surface area contributed by atoms with Crippen molar-refractivity contribution in [2.45, 2.75) is 38.0 Å². The molecule has 2 nitrogen and oxygen atoms in total. The van der Waals surface area contributed by atoms with Crippen LogP contribution in [0.3, 0.4) is 0 Å². The monoisotopic (exact) mass is 178 g/mol. The van der Waals surface area contributed by atoms with Gasteiger partial charge in [-0.05, 0) is 13.3 Å². The summed E-state index contributed by atoms with van der Waals surface area (Å²) in [5, 5.41) is 18.4. The molecule has 0 bridgehead atoms. The molecule has 0 aliphatic heterocycles. The molecule has 0 aromatic carbocycles. The van der Waals surface area contributed by atoms with E-state index < -0.39 is 6.10 Å². The third-order valence-corrected chi connectivity index (χ3v) is 2.76. The largest absolute Gasteiger partial charge is 0.396 e. The summed E-state index contributed by atoms with van der Waals surface area (Å²) in [4.78, 5) is 0. The molecule has 0 aliphatic rings. The fourth-order valence-corrected chi connectivity index (χ4v) is 1.18. The van der Waals surface area contributed by atoms with Crippen LogP contribution in [0, 0.1) is 5.92 Å². The highest BCUT2D eigenvalue weighted by Gasteiger charge is 2.30. The lowest BCUT2D eigenvalue weighted by Crippen LogP contribution is -2.39. The standard InChI is InChI=1S/C8H18O2S/c1-4-8(3,11)7(10)6(2)5-9/h6-7,9-11H,4-5H2,1-3H3/t6-,7-,8+/m0/s1. The molecule has 3 heteroatoms. The van der Waals surface area contributed by atoms with Crippen LogP contribution >= 0.6 is 12.6 Å². The Morgan fingerprint density at radius 2 is 2.00 bits per heavy atom. The van der Waals surface area contributed by atoms with Crippen LogP contribution in [0.15, 0.2) is 0 Å². The van der Waals surface area contributed by atoms with Gasteiger partial charge < -0.3 is 10.2 Å². The lowest BCUT2D eigenvalue weighted by atomic mass is 9.91. The van der Waals surface area contributed by atoms with Crippen LogP contribution in [0.4, 0.5) is 0 Å². The van der Waals surface area contributed by atoms with Crippen LogP contribution in [0.2, 0.25) is 0 Å². The maximum absolute atomic E-state index is 9.61. The summed E-state index contributed by atoms with van der Waals surface area (Å²) >= 11 is 4.31. The van der Waals surface area contributed by atoms with Gasteiger partial charge in [0, 0.05) is 17.3 Å². The molecule has 0 aliphatic carbocycles. The van der Waals surface area contributed by atoms with Crippen molar-refractivity contribution in [2.24, 2.45) is 5.92 Å². The van der Waals surface area contributed by atoms with E-state index in [-0.39, 0.29) is 17.3 Å². The fourth-order valence-electron chi connectivity index (χ4n) is 0.922. The fraction of sp³-hybridized carbons (Fsp3) is 1.00. The van der Waals surface area contributed by atoms with Gasteiger partial charge in [0.25, 0.3) is 0 Å². The minimum Gasteiger partial charge on any atom is -0.396 e. The van der Waals surface area contributed by atoms with Gasteiger partial charge in [-0.15, -0.1) is 0 Å². The summed E-state index contributed by atoms with van der Waals surface area (Å²) in [6.45, 7) is 5.68. The Balaban J connectivity index is 4.10. The normalized spacial score (nSPS) is 22.4. The van der Waals surface area contributed by atoms with E-state index in [0.717, 1.165) is 6.42 Å². The molecule has 0 aromatic rings. The number of thiol groups is 1. The second-order valence-corrected chi connectivity index (χ2v) is 4.34. The van der Waals surface area contributed by atoms with Gasteiger partial charge >= 0.3 is 0 Å². The Labute approximate surface area is 74.0 Å². The van der Waals surface area contributed by atoms with E-state index >= 15 is 0 Å². The molecule has 0 amide bonds. The van der Waals surface area contributed by atoms with Gasteiger partial charge in [0.1, 0.15) is 0 Å². The van der Waals surface area contributed by atoms with Gasteiger partial charge in [0.15, 0.2) is 0 Å². The maximum Gasteiger partial charge on any atom is 0.0728 e. The van der Waals surface area contributed by atoms with Gasteiger partial charge in [0.2, 0.25) is 0 Å². The molecule has 0 radical (unpaired) electrons. The number of hydrogen-bond acceptors (Lipinski definition) is 3. The van der Waals surface area contributed by atoms with Crippen molar-refractivity contribution in [3.05, 3.63) is 0 Å². The number of aliphatic hydroxyl groups is 2. The van der Waals surface area contributed by atoms with Crippen molar-refractivity contribution in [3.63, 3.8) is 0 Å². The highest BCUT2D eigenvalue weighted by atomic mass is 32.1. The summed E-state index contributed by atoms with van der Waals surface area (Å²) in [6, 6.07) is 0. The summed E-state index contributed by atoms with van der Waals surface area (Å²) < 4.78 is -0.387. The zero-order chi connectivity index (χ0) is 9.07. The Hall–Kier alpha value is 0.270. The van der Waals surface area contributed by atoms with Crippen LogP contribution in [0.25, 0.3) is 0 Å². The van der Waals surface area contributed by atoms with E-state index in [1.807, 2.05) is 20.8 Å². The molecule has 0 heterocycles. The first-order valence-electron chi connectivity index (χ1n) is 3.97. The van der Waals surface area contributed by atoms with E-state index in [1.54, 1.807) is 0 Å². The zero-order valence-corrected chi connectivity index (χ0v) is 8.30. The van der Waals surface area contributed by atoms with Gasteiger partial charge in [0.05, 0.1) is 6.10 Å². The molecule has 68 valence electrons. The average Bonchev–Trinajstić information content (AvgIpc) is 2.01. The first kappa shape index (κ1) is 11.3. The van der Waals surface area contributed by atoms with Crippen molar-refractivity contribution in [3.8, 4) is 0 Å². The van der Waals surface area contributed by atoms with Crippen molar-refractivity contribution in [1.82, 2.24) is 0 Å². The Kier molecular flexibility index (Phi) is 4.44. The van der Waals surface area contributed by atoms with Crippen LogP contribution < -0.4 is 0 Å². The Morgan fingerprint density at radius 1 is 1.55 bits per heavy atom. The molecule has 0 rings (SSSR count). The Bertz CT molecular complexity index is 115. The minimum absolute atomic E-state index is 0.0112. The van der Waals surface area contributed by atoms with Crippen molar-refractivity contribution < 1.29 is 10.2 Å². The third-order valence-electron chi connectivity index (χ3n) is 2.18. The predicted molar refractivity (Wildman–Crippen MR) is 49.9 cm³/mol. The topological polar surface area (TPSA) is 40.5 Å². The van der Waals surface area contributed by atoms with Crippen LogP contribution in [0.1, 0.15) is 27.2 Å². The zero-order valence-electron chi connectivity index (χ0n) is 7.41. The van der Waals surface area contributed by atoms with Gasteiger partial charge in [-0.1, -0.05) is 13.8 Å². The van der Waals surface area contributed by atoms with Crippen LogP contribution in [0.5, 0.6) is 0 Å². The Morgan fingerprint density at radius 3 is 2.27 bits per heavy atom. The third kappa shape index (κ3) is 3.01. The first-order chi connectivity index (χ1) is 4.95. The summed E-state index contributed by atoms with van der Waals surface area (Å²) in [7, 11) is 0. The van der Waals surface area contributed by atoms with Gasteiger partial charge in [-0.3, -0.25) is 0 Å². The van der Waals surface area contributed by atoms with E-state index in [4.69, 9.17) is 5.11 Å². The molecular weight excluding hydrogens is 160 g/mol. The van der Waals surface area contributed by atoms with Crippen LogP contribution in [-0.4, -0.2) is 27.7 Å². The molecule has 0 saturated carbocycles. The first-order valence-corrected chi connectivity index (χ1v) is 4.41. The van der Waals surface area contributed by atoms with E-state index in [1.165, 1.54) is 0 Å². The lowest BCUT2D eigenvalue weighted by molar-refractivity contribution is 0.0497. The van der Waals surface area contributed by atoms with E-state index in [2.05, 4.69) is 12.6 Å². The molecule has 0 fully saturated rings. The number of aliphatic hydroxyl groups excluding tert-OH is 2. The smallest absolute Gasteiger partial charge is 0.0728 e. The van der Waals surface area contributed by atoms with Gasteiger partial charge in [-0.25, -0.2) is 0 Å².